The van der Waals surface area contributed by atoms with E-state index >= 15 is 0 Å². The average molecular weight is 182 g/mol. The number of phenolic OH excluding ortho intramolecular Hbond substituents is 1. The molecule has 0 radical (unpaired) electrons. The largest absolute Gasteiger partial charge is 0.508 e. The van der Waals surface area contributed by atoms with Gasteiger partial charge in [-0.2, -0.15) is 0 Å². The number of aromatic carboxylic acids is 1. The maximum atomic E-state index is 10.5. The number of carbonyl (C=O) groups is 2. The Kier molecular flexibility index (Phi) is 2.19. The molecule has 0 spiro atoms. The van der Waals surface area contributed by atoms with Gasteiger partial charge in [0.1, 0.15) is 17.1 Å². The van der Waals surface area contributed by atoms with E-state index in [-0.39, 0.29) is 17.6 Å². The fourth-order valence-electron chi connectivity index (χ4n) is 0.959. The molecule has 0 amide bonds. The van der Waals surface area contributed by atoms with Crippen LogP contribution in [0.4, 0.5) is 0 Å². The summed E-state index contributed by atoms with van der Waals surface area (Å²) in [4.78, 5) is 20.9. The molecule has 0 saturated heterocycles. The molecule has 1 aromatic carbocycles. The number of carboxylic acid groups (broad SMARTS) is 1. The third kappa shape index (κ3) is 1.58. The lowest BCUT2D eigenvalue weighted by Gasteiger charge is -2.02. The highest BCUT2D eigenvalue weighted by molar-refractivity contribution is 6.00. The van der Waals surface area contributed by atoms with Crippen LogP contribution in [0.25, 0.3) is 0 Å². The average Bonchev–Trinajstić information content (AvgIpc) is 2.01. The van der Waals surface area contributed by atoms with Gasteiger partial charge >= 0.3 is 5.97 Å². The lowest BCUT2D eigenvalue weighted by atomic mass is 10.1. The Morgan fingerprint density at radius 3 is 2.38 bits per heavy atom. The zero-order chi connectivity index (χ0) is 10.0. The molecule has 5 heteroatoms. The van der Waals surface area contributed by atoms with Crippen molar-refractivity contribution in [1.29, 1.82) is 0 Å². The van der Waals surface area contributed by atoms with Gasteiger partial charge in [-0.05, 0) is 6.07 Å². The Hall–Kier alpha value is -2.04. The molecule has 0 unspecified atom stereocenters. The Labute approximate surface area is 72.9 Å². The van der Waals surface area contributed by atoms with Gasteiger partial charge in [-0.15, -0.1) is 0 Å². The predicted octanol–water partition coefficient (Wildman–Crippen LogP) is 0.609. The number of aldehydes is 1. The van der Waals surface area contributed by atoms with Gasteiger partial charge in [0.05, 0.1) is 0 Å². The smallest absolute Gasteiger partial charge is 0.340 e. The van der Waals surface area contributed by atoms with E-state index in [0.717, 1.165) is 12.1 Å². The van der Waals surface area contributed by atoms with Gasteiger partial charge in [-0.1, -0.05) is 0 Å². The summed E-state index contributed by atoms with van der Waals surface area (Å²) in [5, 5.41) is 26.6. The van der Waals surface area contributed by atoms with Crippen LogP contribution in [-0.4, -0.2) is 27.6 Å². The van der Waals surface area contributed by atoms with Crippen LogP contribution < -0.4 is 0 Å². The van der Waals surface area contributed by atoms with Crippen LogP contribution in [0.3, 0.4) is 0 Å². The lowest BCUT2D eigenvalue weighted by Crippen LogP contribution is -2.01. The quantitative estimate of drug-likeness (QED) is 0.582. The SMILES string of the molecule is O=Cc1cc(O)cc(O)c1C(=O)O. The van der Waals surface area contributed by atoms with E-state index in [0.29, 0.717) is 0 Å². The molecule has 68 valence electrons. The fraction of sp³-hybridized carbons (Fsp3) is 0. The zero-order valence-corrected chi connectivity index (χ0v) is 6.39. The molecule has 0 atom stereocenters. The summed E-state index contributed by atoms with van der Waals surface area (Å²) in [5.41, 5.74) is -0.766. The highest BCUT2D eigenvalue weighted by Crippen LogP contribution is 2.25. The van der Waals surface area contributed by atoms with Gasteiger partial charge in [-0.3, -0.25) is 4.79 Å². The predicted molar refractivity (Wildman–Crippen MR) is 42.1 cm³/mol. The first-order valence-corrected chi connectivity index (χ1v) is 3.30. The van der Waals surface area contributed by atoms with E-state index in [4.69, 9.17) is 15.3 Å². The maximum Gasteiger partial charge on any atom is 0.340 e. The third-order valence-electron chi connectivity index (χ3n) is 1.47. The second-order valence-corrected chi connectivity index (χ2v) is 2.35. The Morgan fingerprint density at radius 1 is 1.31 bits per heavy atom. The number of rotatable bonds is 2. The van der Waals surface area contributed by atoms with Crippen molar-refractivity contribution in [3.8, 4) is 11.5 Å². The molecule has 0 aromatic heterocycles. The minimum absolute atomic E-state index is 0.253. The van der Waals surface area contributed by atoms with Crippen LogP contribution >= 0.6 is 0 Å². The third-order valence-corrected chi connectivity index (χ3v) is 1.47. The molecular weight excluding hydrogens is 176 g/mol. The number of carboxylic acids is 1. The van der Waals surface area contributed by atoms with E-state index in [1.807, 2.05) is 0 Å². The van der Waals surface area contributed by atoms with Gasteiger partial charge in [0, 0.05) is 11.6 Å². The monoisotopic (exact) mass is 182 g/mol. The van der Waals surface area contributed by atoms with Gasteiger partial charge in [0.2, 0.25) is 0 Å². The number of phenols is 2. The number of carbonyl (C=O) groups excluding carboxylic acids is 1. The first kappa shape index (κ1) is 9.05. The van der Waals surface area contributed by atoms with Crippen molar-refractivity contribution < 1.29 is 24.9 Å². The molecule has 3 N–H and O–H groups in total. The molecule has 0 aliphatic carbocycles. The molecule has 0 bridgehead atoms. The molecule has 0 saturated carbocycles. The first-order chi connectivity index (χ1) is 6.06. The Balaban J connectivity index is 3.47. The number of hydrogen-bond donors (Lipinski definition) is 3. The highest BCUT2D eigenvalue weighted by Gasteiger charge is 2.16. The molecule has 5 nitrogen and oxygen atoms in total. The second-order valence-electron chi connectivity index (χ2n) is 2.35. The topological polar surface area (TPSA) is 94.8 Å². The minimum Gasteiger partial charge on any atom is -0.508 e. The van der Waals surface area contributed by atoms with E-state index in [1.165, 1.54) is 0 Å². The summed E-state index contributed by atoms with van der Waals surface area (Å²) in [6.07, 6.45) is 0.253. The second kappa shape index (κ2) is 3.14. The van der Waals surface area contributed by atoms with Crippen molar-refractivity contribution in [3.05, 3.63) is 23.3 Å². The number of hydrogen-bond acceptors (Lipinski definition) is 4. The van der Waals surface area contributed by atoms with Crippen LogP contribution in [0.15, 0.2) is 12.1 Å². The first-order valence-electron chi connectivity index (χ1n) is 3.30. The molecule has 1 aromatic rings. The van der Waals surface area contributed by atoms with Crippen LogP contribution in [0.5, 0.6) is 11.5 Å². The Morgan fingerprint density at radius 2 is 1.92 bits per heavy atom. The van der Waals surface area contributed by atoms with Crippen molar-refractivity contribution >= 4 is 12.3 Å². The Bertz CT molecular complexity index is 369. The van der Waals surface area contributed by atoms with Gasteiger partial charge in [0.15, 0.2) is 6.29 Å². The summed E-state index contributed by atoms with van der Waals surface area (Å²) in [6, 6.07) is 1.83. The maximum absolute atomic E-state index is 10.5. The van der Waals surface area contributed by atoms with Gasteiger partial charge in [0.25, 0.3) is 0 Å². The number of benzene rings is 1. The molecule has 0 aliphatic heterocycles. The van der Waals surface area contributed by atoms with E-state index in [9.17, 15) is 9.59 Å². The summed E-state index contributed by atoms with van der Waals surface area (Å²) >= 11 is 0. The van der Waals surface area contributed by atoms with Crippen molar-refractivity contribution in [3.63, 3.8) is 0 Å². The van der Waals surface area contributed by atoms with Crippen LogP contribution in [0.2, 0.25) is 0 Å². The molecule has 0 aliphatic rings. The summed E-state index contributed by atoms with van der Waals surface area (Å²) < 4.78 is 0. The zero-order valence-electron chi connectivity index (χ0n) is 6.39. The minimum atomic E-state index is -1.42. The van der Waals surface area contributed by atoms with Crippen LogP contribution in [0, 0.1) is 0 Å². The summed E-state index contributed by atoms with van der Waals surface area (Å²) in [7, 11) is 0. The summed E-state index contributed by atoms with van der Waals surface area (Å²) in [6.45, 7) is 0. The lowest BCUT2D eigenvalue weighted by molar-refractivity contribution is 0.0690. The van der Waals surface area contributed by atoms with Crippen LogP contribution in [0.1, 0.15) is 20.7 Å². The highest BCUT2D eigenvalue weighted by atomic mass is 16.4. The molecule has 13 heavy (non-hydrogen) atoms. The van der Waals surface area contributed by atoms with Crippen molar-refractivity contribution in [2.75, 3.05) is 0 Å². The summed E-state index contributed by atoms with van der Waals surface area (Å²) in [5.74, 6) is -2.40. The standard InChI is InChI=1S/C8H6O5/c9-3-4-1-5(10)2-6(11)7(4)8(12)13/h1-3,10-11H,(H,12,13). The number of aromatic hydroxyl groups is 2. The fourth-order valence-corrected chi connectivity index (χ4v) is 0.959. The van der Waals surface area contributed by atoms with E-state index in [1.54, 1.807) is 0 Å². The molecule has 0 heterocycles. The van der Waals surface area contributed by atoms with E-state index < -0.39 is 17.3 Å². The van der Waals surface area contributed by atoms with Crippen LogP contribution in [-0.2, 0) is 0 Å². The van der Waals surface area contributed by atoms with E-state index in [2.05, 4.69) is 0 Å². The van der Waals surface area contributed by atoms with Gasteiger partial charge in [-0.25, -0.2) is 4.79 Å². The van der Waals surface area contributed by atoms with Crippen molar-refractivity contribution in [1.82, 2.24) is 0 Å². The molecular formula is C8H6O5. The normalized spacial score (nSPS) is 9.54. The van der Waals surface area contributed by atoms with Crippen molar-refractivity contribution in [2.24, 2.45) is 0 Å². The van der Waals surface area contributed by atoms with Crippen molar-refractivity contribution in [2.45, 2.75) is 0 Å². The molecule has 0 fully saturated rings. The van der Waals surface area contributed by atoms with Gasteiger partial charge < -0.3 is 15.3 Å². The molecule has 1 rings (SSSR count).